The van der Waals surface area contributed by atoms with E-state index < -0.39 is 0 Å². The van der Waals surface area contributed by atoms with Crippen molar-refractivity contribution in [2.75, 3.05) is 0 Å². The molecular weight excluding hydrogens is 184 g/mol. The molecule has 1 aliphatic carbocycles. The molecule has 15 heavy (non-hydrogen) atoms. The number of hydrogen-bond donors (Lipinski definition) is 1. The van der Waals surface area contributed by atoms with Crippen LogP contribution in [0.2, 0.25) is 0 Å². The minimum Gasteiger partial charge on any atom is -0.361 e. The van der Waals surface area contributed by atoms with Crippen molar-refractivity contribution in [3.63, 3.8) is 0 Å². The molecule has 1 aromatic carbocycles. The normalized spacial score (nSPS) is 18.3. The molecule has 1 aliphatic rings. The zero-order valence-electron chi connectivity index (χ0n) is 8.46. The van der Waals surface area contributed by atoms with Crippen molar-refractivity contribution in [1.82, 2.24) is 4.98 Å². The van der Waals surface area contributed by atoms with Gasteiger partial charge in [0.2, 0.25) is 0 Å². The molecule has 1 heterocycles. The van der Waals surface area contributed by atoms with Crippen molar-refractivity contribution in [3.05, 3.63) is 36.0 Å². The van der Waals surface area contributed by atoms with E-state index in [1.807, 2.05) is 6.20 Å². The molecule has 0 unspecified atom stereocenters. The smallest absolute Gasteiger partial charge is 0.0822 e. The monoisotopic (exact) mass is 196 g/mol. The summed E-state index contributed by atoms with van der Waals surface area (Å²) in [5, 5.41) is 10.5. The van der Waals surface area contributed by atoms with Crippen LogP contribution in [0, 0.1) is 11.3 Å². The Balaban J connectivity index is 2.15. The lowest BCUT2D eigenvalue weighted by atomic mass is 9.65. The highest BCUT2D eigenvalue weighted by atomic mass is 14.7. The van der Waals surface area contributed by atoms with E-state index in [0.717, 1.165) is 18.4 Å². The number of aromatic nitrogens is 1. The van der Waals surface area contributed by atoms with Crippen LogP contribution in [-0.4, -0.2) is 4.98 Å². The van der Waals surface area contributed by atoms with E-state index in [1.165, 1.54) is 17.4 Å². The Kier molecular flexibility index (Phi) is 1.63. The molecule has 0 aliphatic heterocycles. The molecule has 2 nitrogen and oxygen atoms in total. The number of fused-ring (bicyclic) bond motifs is 1. The van der Waals surface area contributed by atoms with Gasteiger partial charge < -0.3 is 4.98 Å². The summed E-state index contributed by atoms with van der Waals surface area (Å²) in [6.45, 7) is 0. The van der Waals surface area contributed by atoms with Crippen LogP contribution in [0.15, 0.2) is 30.5 Å². The molecule has 0 atom stereocenters. The van der Waals surface area contributed by atoms with Crippen molar-refractivity contribution in [2.24, 2.45) is 0 Å². The Hall–Kier alpha value is -1.75. The molecule has 1 saturated carbocycles. The van der Waals surface area contributed by atoms with E-state index in [-0.39, 0.29) is 5.41 Å². The summed E-state index contributed by atoms with van der Waals surface area (Å²) >= 11 is 0. The highest BCUT2D eigenvalue weighted by molar-refractivity contribution is 5.80. The summed E-state index contributed by atoms with van der Waals surface area (Å²) in [5.41, 5.74) is 2.14. The zero-order chi connectivity index (χ0) is 10.3. The van der Waals surface area contributed by atoms with Gasteiger partial charge in [-0.2, -0.15) is 5.26 Å². The molecule has 0 saturated heterocycles. The molecule has 1 N–H and O–H groups in total. The molecule has 1 aromatic heterocycles. The van der Waals surface area contributed by atoms with Gasteiger partial charge in [-0.05, 0) is 48.4 Å². The average Bonchev–Trinajstić information content (AvgIpc) is 2.64. The molecular formula is C13H12N2. The first-order chi connectivity index (χ1) is 7.34. The lowest BCUT2D eigenvalue weighted by Crippen LogP contribution is -2.32. The SMILES string of the molecule is N#CC1(c2ccc3[nH]ccc3c2)CCC1. The van der Waals surface area contributed by atoms with Gasteiger partial charge in [0.05, 0.1) is 11.5 Å². The number of rotatable bonds is 1. The van der Waals surface area contributed by atoms with Gasteiger partial charge in [-0.15, -0.1) is 0 Å². The molecule has 0 amide bonds. The van der Waals surface area contributed by atoms with Gasteiger partial charge in [0, 0.05) is 11.7 Å². The first-order valence-corrected chi connectivity index (χ1v) is 5.33. The Morgan fingerprint density at radius 3 is 2.80 bits per heavy atom. The fraction of sp³-hybridized carbons (Fsp3) is 0.308. The maximum Gasteiger partial charge on any atom is 0.0822 e. The van der Waals surface area contributed by atoms with Crippen LogP contribution in [0.5, 0.6) is 0 Å². The second-order valence-corrected chi connectivity index (χ2v) is 4.33. The minimum absolute atomic E-state index is 0.189. The van der Waals surface area contributed by atoms with E-state index >= 15 is 0 Å². The summed E-state index contributed by atoms with van der Waals surface area (Å²) in [4.78, 5) is 3.17. The van der Waals surface area contributed by atoms with Crippen LogP contribution < -0.4 is 0 Å². The number of benzene rings is 1. The lowest BCUT2D eigenvalue weighted by Gasteiger charge is -2.35. The number of H-pyrrole nitrogens is 1. The van der Waals surface area contributed by atoms with Crippen LogP contribution in [-0.2, 0) is 5.41 Å². The van der Waals surface area contributed by atoms with Crippen LogP contribution in [0.1, 0.15) is 24.8 Å². The van der Waals surface area contributed by atoms with Crippen molar-refractivity contribution < 1.29 is 0 Å². The fourth-order valence-corrected chi connectivity index (χ4v) is 2.35. The van der Waals surface area contributed by atoms with Crippen molar-refractivity contribution in [3.8, 4) is 6.07 Å². The highest BCUT2D eigenvalue weighted by Gasteiger charge is 2.38. The van der Waals surface area contributed by atoms with Gasteiger partial charge in [0.25, 0.3) is 0 Å². The van der Waals surface area contributed by atoms with Gasteiger partial charge in [0.1, 0.15) is 0 Å². The molecule has 0 spiro atoms. The average molecular weight is 196 g/mol. The van der Waals surface area contributed by atoms with E-state index in [2.05, 4.69) is 35.3 Å². The third-order valence-corrected chi connectivity index (χ3v) is 3.53. The standard InChI is InChI=1S/C13H12N2/c14-9-13(5-1-6-13)11-2-3-12-10(8-11)4-7-15-12/h2-4,7-8,15H,1,5-6H2. The molecule has 3 rings (SSSR count). The van der Waals surface area contributed by atoms with Crippen LogP contribution >= 0.6 is 0 Å². The van der Waals surface area contributed by atoms with Gasteiger partial charge in [0.15, 0.2) is 0 Å². The van der Waals surface area contributed by atoms with E-state index in [1.54, 1.807) is 0 Å². The Labute approximate surface area is 88.5 Å². The third kappa shape index (κ3) is 1.10. The van der Waals surface area contributed by atoms with Crippen molar-refractivity contribution >= 4 is 10.9 Å². The Morgan fingerprint density at radius 1 is 1.27 bits per heavy atom. The summed E-state index contributed by atoms with van der Waals surface area (Å²) in [7, 11) is 0. The van der Waals surface area contributed by atoms with Crippen molar-refractivity contribution in [2.45, 2.75) is 24.7 Å². The lowest BCUT2D eigenvalue weighted by molar-refractivity contribution is 0.324. The fourth-order valence-electron chi connectivity index (χ4n) is 2.35. The van der Waals surface area contributed by atoms with Gasteiger partial charge in [-0.3, -0.25) is 0 Å². The zero-order valence-corrected chi connectivity index (χ0v) is 8.46. The molecule has 1 fully saturated rings. The first-order valence-electron chi connectivity index (χ1n) is 5.33. The minimum atomic E-state index is -0.189. The maximum absolute atomic E-state index is 9.25. The molecule has 74 valence electrons. The molecule has 0 bridgehead atoms. The van der Waals surface area contributed by atoms with Crippen LogP contribution in [0.25, 0.3) is 10.9 Å². The number of nitriles is 1. The topological polar surface area (TPSA) is 39.6 Å². The van der Waals surface area contributed by atoms with E-state index in [0.29, 0.717) is 0 Å². The number of nitrogens with zero attached hydrogens (tertiary/aromatic N) is 1. The van der Waals surface area contributed by atoms with Gasteiger partial charge in [-0.1, -0.05) is 6.07 Å². The van der Waals surface area contributed by atoms with E-state index in [9.17, 15) is 5.26 Å². The number of nitrogens with one attached hydrogen (secondary N) is 1. The summed E-state index contributed by atoms with van der Waals surface area (Å²) in [6, 6.07) is 10.8. The predicted octanol–water partition coefficient (Wildman–Crippen LogP) is 3.11. The molecule has 2 heteroatoms. The van der Waals surface area contributed by atoms with Crippen LogP contribution in [0.4, 0.5) is 0 Å². The second kappa shape index (κ2) is 2.87. The van der Waals surface area contributed by atoms with Gasteiger partial charge in [-0.25, -0.2) is 0 Å². The van der Waals surface area contributed by atoms with E-state index in [4.69, 9.17) is 0 Å². The third-order valence-electron chi connectivity index (χ3n) is 3.53. The Morgan fingerprint density at radius 2 is 2.13 bits per heavy atom. The summed E-state index contributed by atoms with van der Waals surface area (Å²) < 4.78 is 0. The van der Waals surface area contributed by atoms with Crippen LogP contribution in [0.3, 0.4) is 0 Å². The maximum atomic E-state index is 9.25. The first kappa shape index (κ1) is 8.55. The molecule has 0 radical (unpaired) electrons. The van der Waals surface area contributed by atoms with Gasteiger partial charge >= 0.3 is 0 Å². The number of aromatic amines is 1. The second-order valence-electron chi connectivity index (χ2n) is 4.33. The largest absolute Gasteiger partial charge is 0.361 e. The quantitative estimate of drug-likeness (QED) is 0.747. The van der Waals surface area contributed by atoms with Crippen molar-refractivity contribution in [1.29, 1.82) is 5.26 Å². The highest BCUT2D eigenvalue weighted by Crippen LogP contribution is 2.43. The summed E-state index contributed by atoms with van der Waals surface area (Å²) in [5.74, 6) is 0. The Bertz CT molecular complexity index is 541. The summed E-state index contributed by atoms with van der Waals surface area (Å²) in [6.07, 6.45) is 5.14. The number of hydrogen-bond acceptors (Lipinski definition) is 1. The molecule has 2 aromatic rings. The predicted molar refractivity (Wildman–Crippen MR) is 59.4 cm³/mol.